The van der Waals surface area contributed by atoms with E-state index in [9.17, 15) is 26.3 Å². The second-order valence-corrected chi connectivity index (χ2v) is 3.05. The molecule has 1 rings (SSSR count). The molecule has 0 saturated carbocycles. The highest BCUT2D eigenvalue weighted by Crippen LogP contribution is 2.35. The van der Waals surface area contributed by atoms with Crippen molar-refractivity contribution in [2.75, 3.05) is 0 Å². The predicted molar refractivity (Wildman–Crippen MR) is 43.7 cm³/mol. The number of pyridine rings is 1. The highest BCUT2D eigenvalue weighted by molar-refractivity contribution is 6.17. The van der Waals surface area contributed by atoms with Gasteiger partial charge in [-0.2, -0.15) is 13.2 Å². The van der Waals surface area contributed by atoms with E-state index in [0.29, 0.717) is 0 Å². The zero-order valence-electron chi connectivity index (χ0n) is 7.45. The summed E-state index contributed by atoms with van der Waals surface area (Å²) in [6.45, 7) is 0. The highest BCUT2D eigenvalue weighted by atomic mass is 35.5. The smallest absolute Gasteiger partial charge is 0.259 e. The molecule has 0 fully saturated rings. The molecule has 0 spiro atoms. The summed E-state index contributed by atoms with van der Waals surface area (Å²) in [6.07, 6.45) is -8.31. The van der Waals surface area contributed by atoms with E-state index >= 15 is 0 Å². The van der Waals surface area contributed by atoms with Crippen molar-refractivity contribution >= 4 is 11.6 Å². The number of aromatic nitrogens is 1. The maximum Gasteiger partial charge on any atom is 0.420 e. The Morgan fingerprint density at radius 3 is 2.25 bits per heavy atom. The molecule has 0 aromatic carbocycles. The van der Waals surface area contributed by atoms with Gasteiger partial charge in [-0.05, 0) is 0 Å². The quantitative estimate of drug-likeness (QED) is 0.582. The normalized spacial score (nSPS) is 12.2. The minimum atomic E-state index is -5.06. The van der Waals surface area contributed by atoms with Crippen LogP contribution in [0.5, 0.6) is 0 Å². The van der Waals surface area contributed by atoms with Crippen LogP contribution in [-0.2, 0) is 12.1 Å². The van der Waals surface area contributed by atoms with Gasteiger partial charge in [-0.15, -0.1) is 11.6 Å². The minimum Gasteiger partial charge on any atom is -0.259 e. The first-order chi connectivity index (χ1) is 7.29. The van der Waals surface area contributed by atoms with Crippen molar-refractivity contribution in [3.05, 3.63) is 28.8 Å². The minimum absolute atomic E-state index is 0.152. The van der Waals surface area contributed by atoms with Crippen molar-refractivity contribution in [2.45, 2.75) is 18.5 Å². The number of alkyl halides is 6. The molecule has 0 aliphatic rings. The summed E-state index contributed by atoms with van der Waals surface area (Å²) < 4.78 is 74.4. The molecule has 1 aromatic heterocycles. The molecule has 90 valence electrons. The van der Waals surface area contributed by atoms with Gasteiger partial charge in [0, 0.05) is 6.20 Å². The molecule has 0 atom stereocenters. The predicted octanol–water partition coefficient (Wildman–Crippen LogP) is 3.92. The SMILES string of the molecule is Fc1c(C(F)(F)F)cnc(CCl)c1C(F)F. The second-order valence-electron chi connectivity index (χ2n) is 2.78. The molecule has 0 aliphatic carbocycles. The van der Waals surface area contributed by atoms with E-state index in [1.807, 2.05) is 0 Å². The van der Waals surface area contributed by atoms with Gasteiger partial charge < -0.3 is 0 Å². The molecule has 0 N–H and O–H groups in total. The van der Waals surface area contributed by atoms with Gasteiger partial charge in [0.2, 0.25) is 0 Å². The fraction of sp³-hybridized carbons (Fsp3) is 0.375. The molecule has 1 heterocycles. The van der Waals surface area contributed by atoms with E-state index < -0.39 is 41.1 Å². The van der Waals surface area contributed by atoms with Crippen LogP contribution in [0.1, 0.15) is 23.2 Å². The van der Waals surface area contributed by atoms with E-state index in [1.165, 1.54) is 0 Å². The lowest BCUT2D eigenvalue weighted by Crippen LogP contribution is -2.13. The van der Waals surface area contributed by atoms with E-state index in [4.69, 9.17) is 11.6 Å². The Morgan fingerprint density at radius 2 is 1.88 bits per heavy atom. The van der Waals surface area contributed by atoms with E-state index in [1.54, 1.807) is 0 Å². The van der Waals surface area contributed by atoms with Crippen LogP contribution in [0.25, 0.3) is 0 Å². The fourth-order valence-electron chi connectivity index (χ4n) is 1.07. The van der Waals surface area contributed by atoms with Crippen LogP contribution in [-0.4, -0.2) is 4.98 Å². The lowest BCUT2D eigenvalue weighted by molar-refractivity contribution is -0.140. The third-order valence-corrected chi connectivity index (χ3v) is 2.04. The number of rotatable bonds is 2. The number of hydrogen-bond donors (Lipinski definition) is 0. The molecule has 0 bridgehead atoms. The summed E-state index contributed by atoms with van der Waals surface area (Å²) in [5, 5.41) is 0. The van der Waals surface area contributed by atoms with Crippen LogP contribution in [0, 0.1) is 5.82 Å². The van der Waals surface area contributed by atoms with Gasteiger partial charge in [0.1, 0.15) is 11.4 Å². The van der Waals surface area contributed by atoms with Crippen LogP contribution in [0.4, 0.5) is 26.3 Å². The topological polar surface area (TPSA) is 12.9 Å². The molecular weight excluding hydrogens is 260 g/mol. The summed E-state index contributed by atoms with van der Waals surface area (Å²) in [6, 6.07) is 0. The van der Waals surface area contributed by atoms with Crippen LogP contribution in [0.3, 0.4) is 0 Å². The molecule has 1 nitrogen and oxygen atoms in total. The summed E-state index contributed by atoms with van der Waals surface area (Å²) in [4.78, 5) is 3.07. The lowest BCUT2D eigenvalue weighted by Gasteiger charge is -2.12. The standard InChI is InChI=1S/C8H4ClF6N/c9-1-4-5(7(11)12)6(10)3(2-16-4)8(13,14)15/h2,7H,1H2. The zero-order valence-corrected chi connectivity index (χ0v) is 8.21. The van der Waals surface area contributed by atoms with E-state index in [2.05, 4.69) is 4.98 Å². The first kappa shape index (κ1) is 13.1. The van der Waals surface area contributed by atoms with Gasteiger partial charge in [-0.3, -0.25) is 4.98 Å². The summed E-state index contributed by atoms with van der Waals surface area (Å²) in [5.41, 5.74) is -3.82. The van der Waals surface area contributed by atoms with Gasteiger partial charge in [0.25, 0.3) is 6.43 Å². The first-order valence-electron chi connectivity index (χ1n) is 3.87. The average Bonchev–Trinajstić information content (AvgIpc) is 2.14. The van der Waals surface area contributed by atoms with Gasteiger partial charge in [-0.25, -0.2) is 13.2 Å². The Morgan fingerprint density at radius 1 is 1.31 bits per heavy atom. The van der Waals surface area contributed by atoms with Crippen molar-refractivity contribution in [3.63, 3.8) is 0 Å². The van der Waals surface area contributed by atoms with Crippen molar-refractivity contribution < 1.29 is 26.3 Å². The molecule has 0 saturated heterocycles. The van der Waals surface area contributed by atoms with Crippen LogP contribution in [0.2, 0.25) is 0 Å². The fourth-order valence-corrected chi connectivity index (χ4v) is 1.28. The number of halogens is 7. The van der Waals surface area contributed by atoms with Gasteiger partial charge in [0.15, 0.2) is 0 Å². The number of nitrogens with zero attached hydrogens (tertiary/aromatic N) is 1. The van der Waals surface area contributed by atoms with Crippen LogP contribution < -0.4 is 0 Å². The zero-order chi connectivity index (χ0) is 12.5. The van der Waals surface area contributed by atoms with Crippen LogP contribution in [0.15, 0.2) is 6.20 Å². The summed E-state index contributed by atoms with van der Waals surface area (Å²) in [7, 11) is 0. The third kappa shape index (κ3) is 2.40. The first-order valence-corrected chi connectivity index (χ1v) is 4.41. The Hall–Kier alpha value is -0.980. The monoisotopic (exact) mass is 263 g/mol. The van der Waals surface area contributed by atoms with Crippen molar-refractivity contribution in [3.8, 4) is 0 Å². The molecule has 0 radical (unpaired) electrons. The number of hydrogen-bond acceptors (Lipinski definition) is 1. The third-order valence-electron chi connectivity index (χ3n) is 1.78. The Balaban J connectivity index is 3.44. The van der Waals surface area contributed by atoms with Crippen molar-refractivity contribution in [1.82, 2.24) is 4.98 Å². The molecule has 8 heteroatoms. The summed E-state index contributed by atoms with van der Waals surface area (Å²) in [5.74, 6) is -2.61. The lowest BCUT2D eigenvalue weighted by atomic mass is 10.1. The Kier molecular flexibility index (Phi) is 3.67. The van der Waals surface area contributed by atoms with Crippen LogP contribution >= 0.6 is 11.6 Å². The second kappa shape index (κ2) is 4.48. The summed E-state index contributed by atoms with van der Waals surface area (Å²) >= 11 is 5.17. The van der Waals surface area contributed by atoms with Gasteiger partial charge >= 0.3 is 6.18 Å². The van der Waals surface area contributed by atoms with Crippen molar-refractivity contribution in [1.29, 1.82) is 0 Å². The van der Waals surface area contributed by atoms with Gasteiger partial charge in [-0.1, -0.05) is 0 Å². The maximum absolute atomic E-state index is 13.2. The molecular formula is C8H4ClF6N. The molecule has 0 unspecified atom stereocenters. The average molecular weight is 264 g/mol. The van der Waals surface area contributed by atoms with E-state index in [0.717, 1.165) is 0 Å². The molecule has 16 heavy (non-hydrogen) atoms. The largest absolute Gasteiger partial charge is 0.420 e. The maximum atomic E-state index is 13.2. The van der Waals surface area contributed by atoms with Crippen molar-refractivity contribution in [2.24, 2.45) is 0 Å². The Bertz CT molecular complexity index is 389. The molecule has 0 amide bonds. The van der Waals surface area contributed by atoms with Gasteiger partial charge in [0.05, 0.1) is 17.1 Å². The highest BCUT2D eigenvalue weighted by Gasteiger charge is 2.37. The Labute approximate surface area is 91.0 Å². The van der Waals surface area contributed by atoms with E-state index in [-0.39, 0.29) is 6.20 Å². The molecule has 1 aromatic rings. The molecule has 0 aliphatic heterocycles.